The molecule has 0 fully saturated rings. The number of hydrogen-bond acceptors (Lipinski definition) is 8. The van der Waals surface area contributed by atoms with Crippen LogP contribution in [0.2, 0.25) is 0 Å². The monoisotopic (exact) mass is 523 g/mol. The van der Waals surface area contributed by atoms with E-state index in [4.69, 9.17) is 30.1 Å². The Morgan fingerprint density at radius 1 is 1.00 bits per heavy atom. The molecule has 0 spiro atoms. The van der Waals surface area contributed by atoms with Crippen molar-refractivity contribution in [2.24, 2.45) is 15.7 Å². The second-order valence-corrected chi connectivity index (χ2v) is 8.70. The minimum absolute atomic E-state index is 0.00222. The Morgan fingerprint density at radius 3 is 2.34 bits per heavy atom. The number of carboxylic acid groups (broad SMARTS) is 1. The lowest BCUT2D eigenvalue weighted by molar-refractivity contribution is -0.134. The first-order valence-electron chi connectivity index (χ1n) is 11.6. The number of alkyl halides is 2. The van der Waals surface area contributed by atoms with Crippen LogP contribution in [0.5, 0.6) is 11.5 Å². The quantitative estimate of drug-likeness (QED) is 0.522. The Bertz CT molecular complexity index is 1390. The third-order valence-electron chi connectivity index (χ3n) is 6.06. The molecular formula is C27H27F2N5O4. The number of halogens is 2. The van der Waals surface area contributed by atoms with Gasteiger partial charge < -0.3 is 20.3 Å². The minimum Gasteiger partial charge on any atom is -0.497 e. The van der Waals surface area contributed by atoms with E-state index in [0.717, 1.165) is 29.2 Å². The van der Waals surface area contributed by atoms with E-state index in [1.807, 2.05) is 42.5 Å². The number of hydrogen-bond donors (Lipinski definition) is 2. The van der Waals surface area contributed by atoms with Gasteiger partial charge in [0.2, 0.25) is 0 Å². The third kappa shape index (κ3) is 5.13. The summed E-state index contributed by atoms with van der Waals surface area (Å²) in [5.41, 5.74) is 8.22. The van der Waals surface area contributed by atoms with Gasteiger partial charge in [-0.1, -0.05) is 30.3 Å². The molecule has 1 aromatic heterocycles. The predicted octanol–water partition coefficient (Wildman–Crippen LogP) is 3.78. The number of carboxylic acids is 1. The molecule has 3 aromatic rings. The number of amidine groups is 1. The van der Waals surface area contributed by atoms with Crippen molar-refractivity contribution in [3.05, 3.63) is 78.1 Å². The molecule has 0 radical (unpaired) electrons. The van der Waals surface area contributed by atoms with Gasteiger partial charge in [-0.3, -0.25) is 19.7 Å². The molecule has 0 saturated carbocycles. The summed E-state index contributed by atoms with van der Waals surface area (Å²) < 4.78 is 39.1. The number of methoxy groups -OCH3 is 2. The first-order valence-corrected chi connectivity index (χ1v) is 11.6. The predicted molar refractivity (Wildman–Crippen MR) is 139 cm³/mol. The van der Waals surface area contributed by atoms with E-state index >= 15 is 0 Å². The molecule has 198 valence electrons. The van der Waals surface area contributed by atoms with Gasteiger partial charge in [-0.2, -0.15) is 0 Å². The maximum atomic E-state index is 14.2. The van der Waals surface area contributed by atoms with Crippen LogP contribution in [0, 0.1) is 0 Å². The number of aliphatic carboxylic acids is 1. The Morgan fingerprint density at radius 2 is 1.68 bits per heavy atom. The summed E-state index contributed by atoms with van der Waals surface area (Å²) in [6.07, 6.45) is 3.36. The summed E-state index contributed by atoms with van der Waals surface area (Å²) >= 11 is 0. The molecular weight excluding hydrogens is 496 g/mol. The number of aromatic nitrogens is 1. The number of benzene rings is 2. The first-order chi connectivity index (χ1) is 18.1. The molecule has 5 rings (SSSR count). The number of ether oxygens (including phenoxy) is 2. The lowest BCUT2D eigenvalue weighted by atomic mass is 9.81. The summed E-state index contributed by atoms with van der Waals surface area (Å²) in [5.74, 6) is -2.15. The van der Waals surface area contributed by atoms with Gasteiger partial charge in [0.05, 0.1) is 27.0 Å². The van der Waals surface area contributed by atoms with Gasteiger partial charge in [0.1, 0.15) is 23.9 Å². The van der Waals surface area contributed by atoms with Crippen LogP contribution in [0.1, 0.15) is 18.1 Å². The molecule has 2 aliphatic heterocycles. The number of aliphatic imine (C=N–C) groups is 2. The zero-order chi connectivity index (χ0) is 27.5. The van der Waals surface area contributed by atoms with E-state index in [0.29, 0.717) is 17.3 Å². The Labute approximate surface area is 218 Å². The van der Waals surface area contributed by atoms with Crippen LogP contribution in [0.4, 0.5) is 8.78 Å². The number of nitrogens with zero attached hydrogens (tertiary/aromatic N) is 4. The number of rotatable bonds is 5. The highest BCUT2D eigenvalue weighted by molar-refractivity contribution is 6.12. The van der Waals surface area contributed by atoms with Crippen LogP contribution >= 0.6 is 0 Å². The lowest BCUT2D eigenvalue weighted by Crippen LogP contribution is -2.53. The highest BCUT2D eigenvalue weighted by Crippen LogP contribution is 2.44. The van der Waals surface area contributed by atoms with E-state index in [1.165, 1.54) is 4.90 Å². The van der Waals surface area contributed by atoms with Gasteiger partial charge in [-0.05, 0) is 41.0 Å². The lowest BCUT2D eigenvalue weighted by Gasteiger charge is -2.35. The SMILES string of the molecule is CC(=O)O.COc1ccc(C2(c3cccc(-c4cncc(OC)c4)c3)N=C(N)N3CC(F)(F)CN=C32)cc1. The third-order valence-corrected chi connectivity index (χ3v) is 6.06. The zero-order valence-electron chi connectivity index (χ0n) is 21.1. The number of carbonyl (C=O) groups is 1. The molecule has 0 saturated heterocycles. The number of pyridine rings is 1. The molecule has 3 N–H and O–H groups in total. The molecule has 2 aliphatic rings. The van der Waals surface area contributed by atoms with E-state index < -0.39 is 30.5 Å². The van der Waals surface area contributed by atoms with Crippen molar-refractivity contribution in [1.82, 2.24) is 9.88 Å². The molecule has 3 heterocycles. The second-order valence-electron chi connectivity index (χ2n) is 8.70. The van der Waals surface area contributed by atoms with Crippen molar-refractivity contribution in [3.63, 3.8) is 0 Å². The van der Waals surface area contributed by atoms with Gasteiger partial charge in [-0.25, -0.2) is 13.8 Å². The molecule has 11 heteroatoms. The van der Waals surface area contributed by atoms with E-state index in [1.54, 1.807) is 38.7 Å². The van der Waals surface area contributed by atoms with Crippen LogP contribution in [0.3, 0.4) is 0 Å². The standard InChI is InChI=1S/C25H23F2N5O2.C2H4O2/c1-33-20-8-6-18(7-9-20)25(22-30-14-24(26,27)15-32(22)23(28)31-25)19-5-3-4-16(10-19)17-11-21(34-2)13-29-12-17;1-2(3)4/h3-13H,14-15H2,1-2H3,(H2,28,31);1H3,(H,3,4). The zero-order valence-corrected chi connectivity index (χ0v) is 21.1. The molecule has 0 amide bonds. The van der Waals surface area contributed by atoms with E-state index in [-0.39, 0.29) is 5.96 Å². The van der Waals surface area contributed by atoms with Gasteiger partial charge in [-0.15, -0.1) is 0 Å². The average molecular weight is 524 g/mol. The summed E-state index contributed by atoms with van der Waals surface area (Å²) in [7, 11) is 3.16. The summed E-state index contributed by atoms with van der Waals surface area (Å²) in [4.78, 5) is 23.6. The van der Waals surface area contributed by atoms with Crippen LogP contribution in [0.15, 0.2) is 77.0 Å². The highest BCUT2D eigenvalue weighted by atomic mass is 19.3. The van der Waals surface area contributed by atoms with Gasteiger partial charge >= 0.3 is 0 Å². The fourth-order valence-electron chi connectivity index (χ4n) is 4.41. The minimum atomic E-state index is -2.99. The second kappa shape index (κ2) is 10.4. The number of fused-ring (bicyclic) bond motifs is 1. The average Bonchev–Trinajstić information content (AvgIpc) is 3.20. The first kappa shape index (κ1) is 26.5. The van der Waals surface area contributed by atoms with Crippen molar-refractivity contribution in [3.8, 4) is 22.6 Å². The van der Waals surface area contributed by atoms with Crippen LogP contribution in [0.25, 0.3) is 11.1 Å². The van der Waals surface area contributed by atoms with Gasteiger partial charge in [0.15, 0.2) is 11.5 Å². The summed E-state index contributed by atoms with van der Waals surface area (Å²) in [5, 5.41) is 7.42. The Balaban J connectivity index is 0.000000786. The molecule has 2 aromatic carbocycles. The van der Waals surface area contributed by atoms with Crippen molar-refractivity contribution in [2.75, 3.05) is 27.3 Å². The smallest absolute Gasteiger partial charge is 0.300 e. The van der Waals surface area contributed by atoms with E-state index in [2.05, 4.69) is 9.98 Å². The molecule has 0 bridgehead atoms. The maximum absolute atomic E-state index is 14.2. The molecule has 38 heavy (non-hydrogen) atoms. The number of nitrogens with two attached hydrogens (primary N) is 1. The molecule has 9 nitrogen and oxygen atoms in total. The Kier molecular flexibility index (Phi) is 7.29. The van der Waals surface area contributed by atoms with Crippen molar-refractivity contribution in [1.29, 1.82) is 0 Å². The maximum Gasteiger partial charge on any atom is 0.300 e. The summed E-state index contributed by atoms with van der Waals surface area (Å²) in [6, 6.07) is 16.9. The van der Waals surface area contributed by atoms with Crippen LogP contribution in [-0.4, -0.2) is 66.0 Å². The Hall–Kier alpha value is -4.54. The summed E-state index contributed by atoms with van der Waals surface area (Å²) in [6.45, 7) is -0.113. The highest BCUT2D eigenvalue weighted by Gasteiger charge is 2.53. The van der Waals surface area contributed by atoms with Crippen molar-refractivity contribution in [2.45, 2.75) is 18.4 Å². The largest absolute Gasteiger partial charge is 0.497 e. The van der Waals surface area contributed by atoms with Crippen LogP contribution < -0.4 is 15.2 Å². The number of guanidine groups is 1. The fourth-order valence-corrected chi connectivity index (χ4v) is 4.41. The van der Waals surface area contributed by atoms with Crippen molar-refractivity contribution >= 4 is 17.8 Å². The topological polar surface area (TPSA) is 123 Å². The molecule has 0 aliphatic carbocycles. The van der Waals surface area contributed by atoms with Gasteiger partial charge in [0, 0.05) is 18.7 Å². The van der Waals surface area contributed by atoms with E-state index in [9.17, 15) is 8.78 Å². The normalized spacial score (nSPS) is 19.3. The molecule has 1 atom stereocenters. The molecule has 1 unspecified atom stereocenters. The van der Waals surface area contributed by atoms with Crippen LogP contribution in [-0.2, 0) is 10.3 Å². The fraction of sp³-hybridized carbons (Fsp3) is 0.259. The van der Waals surface area contributed by atoms with Gasteiger partial charge in [0.25, 0.3) is 11.9 Å². The van der Waals surface area contributed by atoms with Crippen molar-refractivity contribution < 1.29 is 28.2 Å².